The molecule has 4 nitrogen and oxygen atoms in total. The molecule has 0 spiro atoms. The summed E-state index contributed by atoms with van der Waals surface area (Å²) in [4.78, 5) is 0. The van der Waals surface area contributed by atoms with Crippen LogP contribution in [0.4, 0.5) is 0 Å². The van der Waals surface area contributed by atoms with Gasteiger partial charge >= 0.3 is 0 Å². The number of hydrogen-bond donors (Lipinski definition) is 2. The molecule has 2 N–H and O–H groups in total. The topological polar surface area (TPSA) is 50.7 Å². The van der Waals surface area contributed by atoms with Gasteiger partial charge in [-0.1, -0.05) is 12.1 Å². The van der Waals surface area contributed by atoms with Crippen molar-refractivity contribution in [1.82, 2.24) is 5.32 Å². The molecule has 1 rings (SSSR count). The number of hydrogen-bond acceptors (Lipinski definition) is 4. The van der Waals surface area contributed by atoms with E-state index < -0.39 is 6.10 Å². The molecule has 1 aromatic rings. The lowest BCUT2D eigenvalue weighted by molar-refractivity contribution is -0.0123. The molecule has 0 saturated heterocycles. The largest absolute Gasteiger partial charge is 0.491 e. The molecule has 0 saturated carbocycles. The number of benzene rings is 1. The lowest BCUT2D eigenvalue weighted by atomic mass is 10.1. The second kappa shape index (κ2) is 8.25. The quantitative estimate of drug-likeness (QED) is 0.768. The van der Waals surface area contributed by atoms with E-state index in [2.05, 4.69) is 18.3 Å². The van der Waals surface area contributed by atoms with Gasteiger partial charge in [0.1, 0.15) is 18.5 Å². The number of aliphatic hydroxyl groups excluding tert-OH is 1. The number of rotatable bonds is 8. The van der Waals surface area contributed by atoms with Crippen molar-refractivity contribution in [3.8, 4) is 5.75 Å². The summed E-state index contributed by atoms with van der Waals surface area (Å²) in [6, 6.07) is 6.41. The smallest absolute Gasteiger partial charge is 0.122 e. The Balaban J connectivity index is 2.52. The highest BCUT2D eigenvalue weighted by molar-refractivity contribution is 5.37. The van der Waals surface area contributed by atoms with Gasteiger partial charge in [0, 0.05) is 6.04 Å². The molecule has 0 bridgehead atoms. The van der Waals surface area contributed by atoms with Gasteiger partial charge in [0.05, 0.1) is 12.7 Å². The molecule has 0 heterocycles. The van der Waals surface area contributed by atoms with E-state index in [4.69, 9.17) is 9.47 Å². The normalized spacial score (nSPS) is 14.3. The number of nitrogens with one attached hydrogen (secondary N) is 1. The van der Waals surface area contributed by atoms with Gasteiger partial charge in [0.15, 0.2) is 0 Å². The van der Waals surface area contributed by atoms with Crippen molar-refractivity contribution in [3.63, 3.8) is 0 Å². The zero-order chi connectivity index (χ0) is 15.1. The Morgan fingerprint density at radius 2 is 1.90 bits per heavy atom. The van der Waals surface area contributed by atoms with Crippen LogP contribution in [0.3, 0.4) is 0 Å². The van der Waals surface area contributed by atoms with E-state index in [0.29, 0.717) is 12.6 Å². The van der Waals surface area contributed by atoms with Crippen LogP contribution in [-0.4, -0.2) is 37.6 Å². The van der Waals surface area contributed by atoms with Crippen molar-refractivity contribution in [2.75, 3.05) is 20.3 Å². The lowest BCUT2D eigenvalue weighted by Gasteiger charge is -2.17. The van der Waals surface area contributed by atoms with Crippen molar-refractivity contribution < 1.29 is 14.6 Å². The first-order valence-corrected chi connectivity index (χ1v) is 7.14. The summed E-state index contributed by atoms with van der Waals surface area (Å²) in [7, 11) is 1.94. The second-order valence-electron chi connectivity index (χ2n) is 5.38. The molecule has 0 aromatic heterocycles. The van der Waals surface area contributed by atoms with Gasteiger partial charge in [-0.2, -0.15) is 0 Å². The average molecular weight is 281 g/mol. The number of ether oxygens (including phenoxy) is 2. The Bertz CT molecular complexity index is 407. The third-order valence-corrected chi connectivity index (χ3v) is 3.19. The van der Waals surface area contributed by atoms with Gasteiger partial charge in [-0.15, -0.1) is 0 Å². The number of aliphatic hydroxyl groups is 1. The van der Waals surface area contributed by atoms with Crippen LogP contribution in [0, 0.1) is 6.92 Å². The predicted molar refractivity (Wildman–Crippen MR) is 81.2 cm³/mol. The lowest BCUT2D eigenvalue weighted by Crippen LogP contribution is -2.25. The van der Waals surface area contributed by atoms with Gasteiger partial charge in [0.2, 0.25) is 0 Å². The fourth-order valence-corrected chi connectivity index (χ4v) is 1.81. The first-order chi connectivity index (χ1) is 9.43. The van der Waals surface area contributed by atoms with Gasteiger partial charge < -0.3 is 19.9 Å². The Morgan fingerprint density at radius 1 is 1.20 bits per heavy atom. The third-order valence-electron chi connectivity index (χ3n) is 3.19. The van der Waals surface area contributed by atoms with Crippen LogP contribution in [0.25, 0.3) is 0 Å². The fraction of sp³-hybridized carbons (Fsp3) is 0.625. The summed E-state index contributed by atoms with van der Waals surface area (Å²) < 4.78 is 11.0. The summed E-state index contributed by atoms with van der Waals surface area (Å²) in [5.41, 5.74) is 2.29. The first-order valence-electron chi connectivity index (χ1n) is 7.14. The zero-order valence-electron chi connectivity index (χ0n) is 13.1. The Hall–Kier alpha value is -1.10. The standard InChI is InChI=1S/C16H27NO3/c1-11(2)19-9-15(18)10-20-16-7-6-14(8-12(16)3)13(4)17-5/h6-8,11,13,15,17-18H,9-10H2,1-5H3. The van der Waals surface area contributed by atoms with E-state index in [1.165, 1.54) is 5.56 Å². The summed E-state index contributed by atoms with van der Waals surface area (Å²) in [6.07, 6.45) is -0.485. The molecule has 0 amide bonds. The molecule has 4 heteroatoms. The average Bonchev–Trinajstić information content (AvgIpc) is 2.42. The van der Waals surface area contributed by atoms with Crippen molar-refractivity contribution in [3.05, 3.63) is 29.3 Å². The zero-order valence-corrected chi connectivity index (χ0v) is 13.1. The third kappa shape index (κ3) is 5.49. The van der Waals surface area contributed by atoms with E-state index in [1.54, 1.807) is 0 Å². The SMILES string of the molecule is CNC(C)c1ccc(OCC(O)COC(C)C)c(C)c1. The Kier molecular flexibility index (Phi) is 6.99. The van der Waals surface area contributed by atoms with E-state index in [-0.39, 0.29) is 12.7 Å². The van der Waals surface area contributed by atoms with Gasteiger partial charge in [0.25, 0.3) is 0 Å². The van der Waals surface area contributed by atoms with Crippen LogP contribution in [0.2, 0.25) is 0 Å². The molecule has 114 valence electrons. The van der Waals surface area contributed by atoms with E-state index in [0.717, 1.165) is 11.3 Å². The monoisotopic (exact) mass is 281 g/mol. The van der Waals surface area contributed by atoms with Crippen LogP contribution in [-0.2, 0) is 4.74 Å². The van der Waals surface area contributed by atoms with E-state index in [1.807, 2.05) is 40.0 Å². The van der Waals surface area contributed by atoms with Crippen LogP contribution in [0.15, 0.2) is 18.2 Å². The maximum absolute atomic E-state index is 9.77. The van der Waals surface area contributed by atoms with Gasteiger partial charge in [-0.3, -0.25) is 0 Å². The van der Waals surface area contributed by atoms with Crippen LogP contribution < -0.4 is 10.1 Å². The predicted octanol–water partition coefficient (Wildman–Crippen LogP) is 2.44. The molecule has 0 aliphatic rings. The molecule has 2 unspecified atom stereocenters. The molecule has 1 aromatic carbocycles. The molecule has 20 heavy (non-hydrogen) atoms. The van der Waals surface area contributed by atoms with Crippen LogP contribution in [0.5, 0.6) is 5.75 Å². The van der Waals surface area contributed by atoms with E-state index >= 15 is 0 Å². The molecule has 0 aliphatic carbocycles. The molecular weight excluding hydrogens is 254 g/mol. The summed E-state index contributed by atoms with van der Waals surface area (Å²) in [6.45, 7) is 8.55. The second-order valence-corrected chi connectivity index (χ2v) is 5.38. The highest BCUT2D eigenvalue weighted by atomic mass is 16.5. The highest BCUT2D eigenvalue weighted by Crippen LogP contribution is 2.22. The summed E-state index contributed by atoms with van der Waals surface area (Å²) >= 11 is 0. The molecule has 0 radical (unpaired) electrons. The molecule has 0 aliphatic heterocycles. The highest BCUT2D eigenvalue weighted by Gasteiger charge is 2.10. The van der Waals surface area contributed by atoms with Crippen molar-refractivity contribution in [2.45, 2.75) is 45.9 Å². The van der Waals surface area contributed by atoms with Crippen LogP contribution in [0.1, 0.15) is 37.9 Å². The minimum atomic E-state index is -0.604. The Morgan fingerprint density at radius 3 is 2.45 bits per heavy atom. The maximum atomic E-state index is 9.77. The van der Waals surface area contributed by atoms with Gasteiger partial charge in [-0.25, -0.2) is 0 Å². The number of aryl methyl sites for hydroxylation is 1. The Labute approximate surface area is 122 Å². The maximum Gasteiger partial charge on any atom is 0.122 e. The molecular formula is C16H27NO3. The minimum absolute atomic E-state index is 0.119. The fourth-order valence-electron chi connectivity index (χ4n) is 1.81. The molecule has 0 fully saturated rings. The van der Waals surface area contributed by atoms with Crippen molar-refractivity contribution in [1.29, 1.82) is 0 Å². The first kappa shape index (κ1) is 17.0. The van der Waals surface area contributed by atoms with Crippen LogP contribution >= 0.6 is 0 Å². The van der Waals surface area contributed by atoms with Crippen molar-refractivity contribution in [2.24, 2.45) is 0 Å². The van der Waals surface area contributed by atoms with Crippen molar-refractivity contribution >= 4 is 0 Å². The minimum Gasteiger partial charge on any atom is -0.491 e. The summed E-state index contributed by atoms with van der Waals surface area (Å²) in [5, 5.41) is 13.0. The van der Waals surface area contributed by atoms with E-state index in [9.17, 15) is 5.11 Å². The molecule has 2 atom stereocenters. The van der Waals surface area contributed by atoms with Gasteiger partial charge in [-0.05, 0) is 51.9 Å². The summed E-state index contributed by atoms with van der Waals surface area (Å²) in [5.74, 6) is 0.806.